The van der Waals surface area contributed by atoms with Crippen molar-refractivity contribution in [2.75, 3.05) is 40.3 Å². The summed E-state index contributed by atoms with van der Waals surface area (Å²) in [6.07, 6.45) is 7.38. The molecule has 0 aromatic heterocycles. The maximum atomic E-state index is 13.1. The molecule has 1 saturated carbocycles. The van der Waals surface area contributed by atoms with Gasteiger partial charge in [-0.1, -0.05) is 13.8 Å². The Labute approximate surface area is 221 Å². The van der Waals surface area contributed by atoms with Crippen LogP contribution in [0.25, 0.3) is 0 Å². The van der Waals surface area contributed by atoms with Crippen LogP contribution in [0.4, 0.5) is 0 Å². The van der Waals surface area contributed by atoms with Crippen LogP contribution in [-0.2, 0) is 15.8 Å². The number of ether oxygens (including phenoxy) is 1. The third-order valence-electron chi connectivity index (χ3n) is 7.82. The second-order valence-electron chi connectivity index (χ2n) is 11.1. The second-order valence-corrected chi connectivity index (χ2v) is 12.6. The van der Waals surface area contributed by atoms with Crippen molar-refractivity contribution in [2.24, 2.45) is 5.92 Å². The van der Waals surface area contributed by atoms with Gasteiger partial charge < -0.3 is 20.3 Å². The number of hydrogen-bond donors (Lipinski definition) is 2. The molecule has 3 rings (SSSR count). The number of methoxy groups -OCH3 is 1. The van der Waals surface area contributed by atoms with Crippen LogP contribution in [0.5, 0.6) is 5.75 Å². The van der Waals surface area contributed by atoms with E-state index in [2.05, 4.69) is 29.4 Å². The van der Waals surface area contributed by atoms with Crippen LogP contribution >= 0.6 is 0 Å². The van der Waals surface area contributed by atoms with Gasteiger partial charge in [0.25, 0.3) is 0 Å². The fourth-order valence-corrected chi connectivity index (χ4v) is 6.85. The van der Waals surface area contributed by atoms with E-state index < -0.39 is 11.0 Å². The van der Waals surface area contributed by atoms with Crippen molar-refractivity contribution in [3.8, 4) is 5.75 Å². The Morgan fingerprint density at radius 1 is 1.11 bits per heavy atom. The van der Waals surface area contributed by atoms with E-state index in [1.54, 1.807) is 11.4 Å². The van der Waals surface area contributed by atoms with Crippen molar-refractivity contribution in [2.45, 2.75) is 95.7 Å². The molecule has 1 aromatic rings. The van der Waals surface area contributed by atoms with E-state index >= 15 is 0 Å². The molecule has 1 aliphatic heterocycles. The van der Waals surface area contributed by atoms with Gasteiger partial charge in [0, 0.05) is 38.1 Å². The molecule has 36 heavy (non-hydrogen) atoms. The van der Waals surface area contributed by atoms with Gasteiger partial charge in [-0.2, -0.15) is 0 Å². The Bertz CT molecular complexity index is 855. The fraction of sp³-hybridized carbons (Fsp3) is 0.750. The van der Waals surface area contributed by atoms with Crippen LogP contribution in [-0.4, -0.2) is 77.8 Å². The Morgan fingerprint density at radius 2 is 1.72 bits per heavy atom. The summed E-state index contributed by atoms with van der Waals surface area (Å²) in [4.78, 5) is 16.1. The minimum Gasteiger partial charge on any atom is -0.497 e. The summed E-state index contributed by atoms with van der Waals surface area (Å²) in [5.74, 6) is 1.64. The summed E-state index contributed by atoms with van der Waals surface area (Å²) in [5.41, 5.74) is 1.88. The fourth-order valence-electron chi connectivity index (χ4n) is 5.61. The number of aryl methyl sites for hydroxylation is 2. The Hall–Kier alpha value is -1.48. The number of hydrogen-bond acceptors (Lipinski definition) is 5. The smallest absolute Gasteiger partial charge is 0.221 e. The predicted molar refractivity (Wildman–Crippen MR) is 148 cm³/mol. The molecule has 1 saturated heterocycles. The first-order chi connectivity index (χ1) is 17.2. The predicted octanol–water partition coefficient (Wildman–Crippen LogP) is 3.79. The van der Waals surface area contributed by atoms with Gasteiger partial charge in [-0.15, -0.1) is 0 Å². The molecule has 204 valence electrons. The first kappa shape index (κ1) is 29.1. The molecule has 2 fully saturated rings. The highest BCUT2D eigenvalue weighted by Gasteiger charge is 2.29. The lowest BCUT2D eigenvalue weighted by molar-refractivity contribution is -0.122. The summed E-state index contributed by atoms with van der Waals surface area (Å²) in [7, 11) is 2.14. The average Bonchev–Trinajstić information content (AvgIpc) is 2.86. The van der Waals surface area contributed by atoms with Crippen LogP contribution in [0.1, 0.15) is 69.9 Å². The molecule has 8 heteroatoms. The number of carbonyl (C=O) groups is 1. The highest BCUT2D eigenvalue weighted by molar-refractivity contribution is 7.82. The zero-order chi connectivity index (χ0) is 26.2. The summed E-state index contributed by atoms with van der Waals surface area (Å²) in [6, 6.07) is 5.32. The van der Waals surface area contributed by atoms with Crippen molar-refractivity contribution in [1.82, 2.24) is 19.8 Å². The van der Waals surface area contributed by atoms with Crippen molar-refractivity contribution in [3.63, 3.8) is 0 Å². The molecule has 1 aromatic carbocycles. The lowest BCUT2D eigenvalue weighted by Gasteiger charge is -2.41. The first-order valence-corrected chi connectivity index (χ1v) is 14.8. The van der Waals surface area contributed by atoms with Gasteiger partial charge in [0.1, 0.15) is 16.7 Å². The van der Waals surface area contributed by atoms with Crippen LogP contribution in [0.2, 0.25) is 0 Å². The van der Waals surface area contributed by atoms with Gasteiger partial charge in [-0.05, 0) is 101 Å². The van der Waals surface area contributed by atoms with Gasteiger partial charge in [0.15, 0.2) is 0 Å². The molecule has 1 aliphatic carbocycles. The summed E-state index contributed by atoms with van der Waals surface area (Å²) >= 11 is 0. The first-order valence-electron chi connectivity index (χ1n) is 13.7. The standard InChI is InChI=1S/C28H48N4O3S/c1-20(2)29-19-23-11-15-32(16-12-23)25-9-7-24(8-10-25)30-27(33)13-14-31(5)36(34)28-21(3)17-26(35-6)18-22(28)4/h17-18,20,23-25,29H,7-16,19H2,1-6H3,(H,30,33). The van der Waals surface area contributed by atoms with Crippen molar-refractivity contribution < 1.29 is 13.7 Å². The molecule has 1 amide bonds. The maximum Gasteiger partial charge on any atom is 0.221 e. The van der Waals surface area contributed by atoms with Crippen LogP contribution in [0, 0.1) is 19.8 Å². The van der Waals surface area contributed by atoms with Crippen LogP contribution in [0.15, 0.2) is 17.0 Å². The monoisotopic (exact) mass is 520 g/mol. The van der Waals surface area contributed by atoms with E-state index in [4.69, 9.17) is 4.74 Å². The molecule has 2 N–H and O–H groups in total. The van der Waals surface area contributed by atoms with Gasteiger partial charge in [-0.3, -0.25) is 4.79 Å². The lowest BCUT2D eigenvalue weighted by Crippen LogP contribution is -2.47. The topological polar surface area (TPSA) is 73.9 Å². The largest absolute Gasteiger partial charge is 0.497 e. The number of nitrogens with one attached hydrogen (secondary N) is 2. The number of rotatable bonds is 11. The van der Waals surface area contributed by atoms with Gasteiger partial charge in [0.2, 0.25) is 5.91 Å². The van der Waals surface area contributed by atoms with E-state index in [0.29, 0.717) is 25.0 Å². The van der Waals surface area contributed by atoms with E-state index in [1.165, 1.54) is 38.8 Å². The van der Waals surface area contributed by atoms with Crippen LogP contribution < -0.4 is 15.4 Å². The molecular weight excluding hydrogens is 472 g/mol. The summed E-state index contributed by atoms with van der Waals surface area (Å²) < 4.78 is 20.2. The lowest BCUT2D eigenvalue weighted by atomic mass is 9.87. The molecule has 0 bridgehead atoms. The molecule has 1 atom stereocenters. The third kappa shape index (κ3) is 8.27. The quantitative estimate of drug-likeness (QED) is 0.464. The van der Waals surface area contributed by atoms with E-state index in [9.17, 15) is 9.00 Å². The molecule has 1 unspecified atom stereocenters. The molecule has 0 spiro atoms. The van der Waals surface area contributed by atoms with E-state index in [1.807, 2.05) is 33.0 Å². The Kier molecular flexibility index (Phi) is 11.2. The van der Waals surface area contributed by atoms with Gasteiger partial charge in [-0.25, -0.2) is 8.51 Å². The van der Waals surface area contributed by atoms with Crippen molar-refractivity contribution in [1.29, 1.82) is 0 Å². The summed E-state index contributed by atoms with van der Waals surface area (Å²) in [6.45, 7) is 12.4. The minimum atomic E-state index is -1.31. The summed E-state index contributed by atoms with van der Waals surface area (Å²) in [5, 5.41) is 6.83. The van der Waals surface area contributed by atoms with Gasteiger partial charge in [0.05, 0.1) is 12.0 Å². The third-order valence-corrected chi connectivity index (χ3v) is 9.57. The normalized spacial score (nSPS) is 22.7. The zero-order valence-electron chi connectivity index (χ0n) is 23.3. The van der Waals surface area contributed by atoms with Crippen molar-refractivity contribution in [3.05, 3.63) is 23.3 Å². The number of nitrogens with zero attached hydrogens (tertiary/aromatic N) is 2. The molecular formula is C28H48N4O3S. The number of likely N-dealkylation sites (tertiary alicyclic amines) is 1. The minimum absolute atomic E-state index is 0.0592. The van der Waals surface area contributed by atoms with Crippen molar-refractivity contribution >= 4 is 16.9 Å². The number of carbonyl (C=O) groups excluding carboxylic acids is 1. The Balaban J connectivity index is 1.37. The average molecular weight is 521 g/mol. The molecule has 1 heterocycles. The Morgan fingerprint density at radius 3 is 2.28 bits per heavy atom. The van der Waals surface area contributed by atoms with Crippen LogP contribution in [0.3, 0.4) is 0 Å². The zero-order valence-corrected chi connectivity index (χ0v) is 24.1. The molecule has 0 radical (unpaired) electrons. The van der Waals surface area contributed by atoms with Gasteiger partial charge >= 0.3 is 0 Å². The number of amides is 1. The maximum absolute atomic E-state index is 13.1. The SMILES string of the molecule is COc1cc(C)c(S(=O)N(C)CCC(=O)NC2CCC(N3CCC(CNC(C)C)CC3)CC2)c(C)c1. The highest BCUT2D eigenvalue weighted by atomic mass is 32.2. The number of piperidine rings is 1. The van der Waals surface area contributed by atoms with E-state index in [-0.39, 0.29) is 11.9 Å². The molecule has 2 aliphatic rings. The molecule has 7 nitrogen and oxygen atoms in total. The number of benzene rings is 1. The van der Waals surface area contributed by atoms with E-state index in [0.717, 1.165) is 47.1 Å². The highest BCUT2D eigenvalue weighted by Crippen LogP contribution is 2.28. The second kappa shape index (κ2) is 13.9.